The molecule has 1 saturated carbocycles. The van der Waals surface area contributed by atoms with E-state index in [0.717, 1.165) is 25.8 Å². The summed E-state index contributed by atoms with van der Waals surface area (Å²) >= 11 is 0. The third-order valence-electron chi connectivity index (χ3n) is 3.44. The number of hydrogen-bond donors (Lipinski definition) is 1. The maximum Gasteiger partial charge on any atom is 0.205 e. The number of rotatable bonds is 4. The van der Waals surface area contributed by atoms with Gasteiger partial charge in [-0.15, -0.1) is 0 Å². The zero-order valence-corrected chi connectivity index (χ0v) is 9.07. The van der Waals surface area contributed by atoms with Gasteiger partial charge < -0.3 is 10.3 Å². The van der Waals surface area contributed by atoms with Crippen LogP contribution in [0.5, 0.6) is 0 Å². The SMILES string of the molecule is CCn1ccnc1C(=O)C1(CN)CCC1. The van der Waals surface area contributed by atoms with Gasteiger partial charge in [0.2, 0.25) is 5.78 Å². The Morgan fingerprint density at radius 3 is 2.87 bits per heavy atom. The van der Waals surface area contributed by atoms with Crippen molar-refractivity contribution < 1.29 is 4.79 Å². The van der Waals surface area contributed by atoms with Gasteiger partial charge >= 0.3 is 0 Å². The summed E-state index contributed by atoms with van der Waals surface area (Å²) in [5.41, 5.74) is 5.40. The van der Waals surface area contributed by atoms with E-state index in [1.165, 1.54) is 0 Å². The second kappa shape index (κ2) is 3.77. The van der Waals surface area contributed by atoms with E-state index in [1.807, 2.05) is 17.7 Å². The van der Waals surface area contributed by atoms with Crippen molar-refractivity contribution in [3.63, 3.8) is 0 Å². The molecule has 1 aliphatic rings. The summed E-state index contributed by atoms with van der Waals surface area (Å²) < 4.78 is 1.89. The quantitative estimate of drug-likeness (QED) is 0.755. The zero-order valence-electron chi connectivity index (χ0n) is 9.07. The van der Waals surface area contributed by atoms with Crippen LogP contribution in [0.15, 0.2) is 12.4 Å². The van der Waals surface area contributed by atoms with Crippen LogP contribution in [-0.4, -0.2) is 21.9 Å². The fraction of sp³-hybridized carbons (Fsp3) is 0.636. The van der Waals surface area contributed by atoms with Gasteiger partial charge in [-0.3, -0.25) is 4.79 Å². The molecule has 4 heteroatoms. The first-order valence-electron chi connectivity index (χ1n) is 5.49. The highest BCUT2D eigenvalue weighted by Crippen LogP contribution is 2.42. The largest absolute Gasteiger partial charge is 0.329 e. The Morgan fingerprint density at radius 1 is 1.67 bits per heavy atom. The normalized spacial score (nSPS) is 18.5. The Labute approximate surface area is 89.5 Å². The fourth-order valence-corrected chi connectivity index (χ4v) is 2.14. The Kier molecular flexibility index (Phi) is 2.61. The molecule has 4 nitrogen and oxygen atoms in total. The maximum atomic E-state index is 12.3. The summed E-state index contributed by atoms with van der Waals surface area (Å²) in [6.45, 7) is 3.23. The first kappa shape index (κ1) is 10.4. The van der Waals surface area contributed by atoms with E-state index in [9.17, 15) is 4.79 Å². The molecule has 0 bridgehead atoms. The first-order chi connectivity index (χ1) is 7.23. The highest BCUT2D eigenvalue weighted by molar-refractivity contribution is 5.98. The van der Waals surface area contributed by atoms with Crippen LogP contribution in [0.25, 0.3) is 0 Å². The zero-order chi connectivity index (χ0) is 10.9. The van der Waals surface area contributed by atoms with E-state index in [0.29, 0.717) is 12.4 Å². The number of aryl methyl sites for hydroxylation is 1. The first-order valence-corrected chi connectivity index (χ1v) is 5.49. The van der Waals surface area contributed by atoms with Gasteiger partial charge in [0.1, 0.15) is 0 Å². The Bertz CT molecular complexity index is 360. The summed E-state index contributed by atoms with van der Waals surface area (Å²) in [5.74, 6) is 0.700. The number of nitrogens with zero attached hydrogens (tertiary/aromatic N) is 2. The van der Waals surface area contributed by atoms with Gasteiger partial charge in [-0.1, -0.05) is 6.42 Å². The molecule has 0 aromatic carbocycles. The highest BCUT2D eigenvalue weighted by Gasteiger charge is 2.44. The van der Waals surface area contributed by atoms with Crippen molar-refractivity contribution in [3.8, 4) is 0 Å². The molecule has 2 N–H and O–H groups in total. The number of ketones is 1. The molecule has 82 valence electrons. The van der Waals surface area contributed by atoms with E-state index in [-0.39, 0.29) is 11.2 Å². The van der Waals surface area contributed by atoms with Crippen molar-refractivity contribution in [2.75, 3.05) is 6.54 Å². The summed E-state index contributed by atoms with van der Waals surface area (Å²) in [6.07, 6.45) is 6.46. The van der Waals surface area contributed by atoms with Crippen molar-refractivity contribution in [2.24, 2.45) is 11.1 Å². The van der Waals surface area contributed by atoms with Crippen LogP contribution in [-0.2, 0) is 6.54 Å². The smallest absolute Gasteiger partial charge is 0.205 e. The van der Waals surface area contributed by atoms with Crippen LogP contribution in [0.4, 0.5) is 0 Å². The predicted molar refractivity (Wildman–Crippen MR) is 57.6 cm³/mol. The van der Waals surface area contributed by atoms with Gasteiger partial charge in [0.05, 0.1) is 0 Å². The number of Topliss-reactive ketones (excluding diaryl/α,β-unsaturated/α-hetero) is 1. The monoisotopic (exact) mass is 207 g/mol. The summed E-state index contributed by atoms with van der Waals surface area (Å²) in [4.78, 5) is 16.4. The lowest BCUT2D eigenvalue weighted by Gasteiger charge is -2.38. The van der Waals surface area contributed by atoms with Crippen LogP contribution >= 0.6 is 0 Å². The van der Waals surface area contributed by atoms with Crippen LogP contribution in [0.3, 0.4) is 0 Å². The molecular weight excluding hydrogens is 190 g/mol. The van der Waals surface area contributed by atoms with E-state index in [2.05, 4.69) is 4.98 Å². The molecule has 15 heavy (non-hydrogen) atoms. The molecule has 1 aliphatic carbocycles. The van der Waals surface area contributed by atoms with Gasteiger partial charge in [0.25, 0.3) is 0 Å². The van der Waals surface area contributed by atoms with Gasteiger partial charge in [-0.2, -0.15) is 0 Å². The summed E-state index contributed by atoms with van der Waals surface area (Å²) in [7, 11) is 0. The second-order valence-electron chi connectivity index (χ2n) is 4.20. The number of carbonyl (C=O) groups is 1. The molecule has 0 spiro atoms. The molecular formula is C11H17N3O. The van der Waals surface area contributed by atoms with Crippen LogP contribution in [0.1, 0.15) is 36.8 Å². The van der Waals surface area contributed by atoms with Crippen LogP contribution in [0.2, 0.25) is 0 Å². The molecule has 0 radical (unpaired) electrons. The van der Waals surface area contributed by atoms with Gasteiger partial charge in [-0.05, 0) is 19.8 Å². The third kappa shape index (κ3) is 1.49. The number of aromatic nitrogens is 2. The summed E-state index contributed by atoms with van der Waals surface area (Å²) in [6, 6.07) is 0. The maximum absolute atomic E-state index is 12.3. The van der Waals surface area contributed by atoms with Crippen molar-refractivity contribution in [3.05, 3.63) is 18.2 Å². The molecule has 0 aliphatic heterocycles. The molecule has 1 aromatic heterocycles. The minimum Gasteiger partial charge on any atom is -0.329 e. The average Bonchev–Trinajstić information content (AvgIpc) is 2.64. The predicted octanol–water partition coefficient (Wildman–Crippen LogP) is 1.21. The van der Waals surface area contributed by atoms with E-state index < -0.39 is 0 Å². The van der Waals surface area contributed by atoms with Gasteiger partial charge in [0, 0.05) is 30.9 Å². The van der Waals surface area contributed by atoms with Crippen LogP contribution < -0.4 is 5.73 Å². The Hall–Kier alpha value is -1.16. The highest BCUT2D eigenvalue weighted by atomic mass is 16.1. The molecule has 1 fully saturated rings. The lowest BCUT2D eigenvalue weighted by Crippen LogP contribution is -2.45. The standard InChI is InChI=1S/C11H17N3O/c1-2-14-7-6-13-10(14)9(15)11(8-12)4-3-5-11/h6-7H,2-5,8,12H2,1H3. The molecule has 1 heterocycles. The van der Waals surface area contributed by atoms with Crippen molar-refractivity contribution in [2.45, 2.75) is 32.7 Å². The molecule has 2 rings (SSSR count). The van der Waals surface area contributed by atoms with E-state index in [4.69, 9.17) is 5.73 Å². The molecule has 0 saturated heterocycles. The Balaban J connectivity index is 2.27. The average molecular weight is 207 g/mol. The lowest BCUT2D eigenvalue weighted by molar-refractivity contribution is 0.0619. The third-order valence-corrected chi connectivity index (χ3v) is 3.44. The van der Waals surface area contributed by atoms with E-state index >= 15 is 0 Å². The van der Waals surface area contributed by atoms with Gasteiger partial charge in [0.15, 0.2) is 5.82 Å². The van der Waals surface area contributed by atoms with E-state index in [1.54, 1.807) is 6.20 Å². The molecule has 1 aromatic rings. The molecule has 0 amide bonds. The fourth-order valence-electron chi connectivity index (χ4n) is 2.14. The minimum absolute atomic E-state index is 0.128. The minimum atomic E-state index is -0.307. The molecule has 0 atom stereocenters. The second-order valence-corrected chi connectivity index (χ2v) is 4.20. The topological polar surface area (TPSA) is 60.9 Å². The summed E-state index contributed by atoms with van der Waals surface area (Å²) in [5, 5.41) is 0. The molecule has 0 unspecified atom stereocenters. The van der Waals surface area contributed by atoms with Gasteiger partial charge in [-0.25, -0.2) is 4.98 Å². The Morgan fingerprint density at radius 2 is 2.40 bits per heavy atom. The number of hydrogen-bond acceptors (Lipinski definition) is 3. The van der Waals surface area contributed by atoms with Crippen LogP contribution in [0, 0.1) is 5.41 Å². The lowest BCUT2D eigenvalue weighted by atomic mass is 9.66. The number of imidazole rings is 1. The van der Waals surface area contributed by atoms with Crippen molar-refractivity contribution >= 4 is 5.78 Å². The number of carbonyl (C=O) groups excluding carboxylic acids is 1. The van der Waals surface area contributed by atoms with Crippen molar-refractivity contribution in [1.82, 2.24) is 9.55 Å². The number of nitrogens with two attached hydrogens (primary N) is 1. The van der Waals surface area contributed by atoms with Crippen molar-refractivity contribution in [1.29, 1.82) is 0 Å².